The predicted octanol–water partition coefficient (Wildman–Crippen LogP) is 3.38. The van der Waals surface area contributed by atoms with Crippen LogP contribution in [0.4, 0.5) is 10.1 Å². The van der Waals surface area contributed by atoms with Gasteiger partial charge in [0.05, 0.1) is 11.9 Å². The molecule has 0 saturated carbocycles. The summed E-state index contributed by atoms with van der Waals surface area (Å²) in [6, 6.07) is 2.76. The van der Waals surface area contributed by atoms with Gasteiger partial charge in [-0.05, 0) is 25.0 Å². The first-order valence-corrected chi connectivity index (χ1v) is 6.09. The van der Waals surface area contributed by atoms with Crippen LogP contribution in [0.1, 0.15) is 39.5 Å². The van der Waals surface area contributed by atoms with Crippen LogP contribution in [-0.2, 0) is 4.79 Å². The second-order valence-corrected chi connectivity index (χ2v) is 4.13. The van der Waals surface area contributed by atoms with Gasteiger partial charge in [0.15, 0.2) is 0 Å². The van der Waals surface area contributed by atoms with Gasteiger partial charge in [0, 0.05) is 5.92 Å². The highest BCUT2D eigenvalue weighted by molar-refractivity contribution is 5.92. The average Bonchev–Trinajstić information content (AvgIpc) is 2.32. The van der Waals surface area contributed by atoms with E-state index in [1.54, 1.807) is 0 Å². The standard InChI is InChI=1S/C13H19FN2O/c1-3-5-10(6-4-2)13(17)16-11-7-8-12(14)15-9-11/h7-10H,3-6H2,1-2H3,(H,16,17). The summed E-state index contributed by atoms with van der Waals surface area (Å²) >= 11 is 0. The fourth-order valence-electron chi connectivity index (χ4n) is 1.80. The second-order valence-electron chi connectivity index (χ2n) is 4.13. The summed E-state index contributed by atoms with van der Waals surface area (Å²) in [4.78, 5) is 15.4. The Morgan fingerprint density at radius 2 is 2.00 bits per heavy atom. The lowest BCUT2D eigenvalue weighted by atomic mass is 9.97. The molecule has 0 aromatic carbocycles. The number of nitrogens with zero attached hydrogens (tertiary/aromatic N) is 1. The normalized spacial score (nSPS) is 10.6. The van der Waals surface area contributed by atoms with Gasteiger partial charge in [0.1, 0.15) is 0 Å². The van der Waals surface area contributed by atoms with E-state index < -0.39 is 5.95 Å². The number of aromatic nitrogens is 1. The van der Waals surface area contributed by atoms with Crippen LogP contribution in [-0.4, -0.2) is 10.9 Å². The van der Waals surface area contributed by atoms with E-state index >= 15 is 0 Å². The fourth-order valence-corrected chi connectivity index (χ4v) is 1.80. The van der Waals surface area contributed by atoms with Crippen molar-refractivity contribution in [1.29, 1.82) is 0 Å². The first kappa shape index (κ1) is 13.6. The van der Waals surface area contributed by atoms with Gasteiger partial charge in [0.25, 0.3) is 0 Å². The lowest BCUT2D eigenvalue weighted by molar-refractivity contribution is -0.120. The predicted molar refractivity (Wildman–Crippen MR) is 66.1 cm³/mol. The Balaban J connectivity index is 2.59. The number of rotatable bonds is 6. The zero-order valence-corrected chi connectivity index (χ0v) is 10.4. The molecule has 94 valence electrons. The van der Waals surface area contributed by atoms with Gasteiger partial charge in [0.2, 0.25) is 11.9 Å². The van der Waals surface area contributed by atoms with Gasteiger partial charge in [-0.3, -0.25) is 4.79 Å². The number of hydrogen-bond donors (Lipinski definition) is 1. The Hall–Kier alpha value is -1.45. The van der Waals surface area contributed by atoms with Crippen molar-refractivity contribution >= 4 is 11.6 Å². The number of pyridine rings is 1. The molecule has 0 spiro atoms. The third kappa shape index (κ3) is 4.51. The molecule has 0 aliphatic carbocycles. The molecular weight excluding hydrogens is 219 g/mol. The van der Waals surface area contributed by atoms with Crippen molar-refractivity contribution in [3.05, 3.63) is 24.3 Å². The van der Waals surface area contributed by atoms with Crippen LogP contribution in [0.15, 0.2) is 18.3 Å². The molecule has 1 amide bonds. The van der Waals surface area contributed by atoms with Gasteiger partial charge in [-0.25, -0.2) is 4.98 Å². The summed E-state index contributed by atoms with van der Waals surface area (Å²) in [7, 11) is 0. The lowest BCUT2D eigenvalue weighted by Crippen LogP contribution is -2.22. The minimum absolute atomic E-state index is 0.00195. The molecular formula is C13H19FN2O. The van der Waals surface area contributed by atoms with E-state index in [4.69, 9.17) is 0 Å². The van der Waals surface area contributed by atoms with E-state index in [-0.39, 0.29) is 11.8 Å². The quantitative estimate of drug-likeness (QED) is 0.772. The van der Waals surface area contributed by atoms with Crippen molar-refractivity contribution in [2.45, 2.75) is 39.5 Å². The number of anilines is 1. The molecule has 0 saturated heterocycles. The van der Waals surface area contributed by atoms with Crippen LogP contribution < -0.4 is 5.32 Å². The van der Waals surface area contributed by atoms with Crippen LogP contribution in [0.3, 0.4) is 0 Å². The molecule has 1 aromatic heterocycles. The number of halogens is 1. The first-order valence-electron chi connectivity index (χ1n) is 6.09. The molecule has 0 radical (unpaired) electrons. The van der Waals surface area contributed by atoms with E-state index in [2.05, 4.69) is 24.1 Å². The minimum atomic E-state index is -0.540. The van der Waals surface area contributed by atoms with Crippen molar-refractivity contribution < 1.29 is 9.18 Å². The average molecular weight is 238 g/mol. The highest BCUT2D eigenvalue weighted by Crippen LogP contribution is 2.16. The van der Waals surface area contributed by atoms with Gasteiger partial charge in [-0.15, -0.1) is 0 Å². The Morgan fingerprint density at radius 3 is 2.47 bits per heavy atom. The molecule has 0 aliphatic heterocycles. The van der Waals surface area contributed by atoms with Crippen LogP contribution >= 0.6 is 0 Å². The van der Waals surface area contributed by atoms with Crippen LogP contribution in [0.2, 0.25) is 0 Å². The molecule has 0 fully saturated rings. The van der Waals surface area contributed by atoms with E-state index in [0.29, 0.717) is 5.69 Å². The zero-order valence-electron chi connectivity index (χ0n) is 10.4. The van der Waals surface area contributed by atoms with Gasteiger partial charge in [-0.1, -0.05) is 26.7 Å². The summed E-state index contributed by atoms with van der Waals surface area (Å²) < 4.78 is 12.6. The SMILES string of the molecule is CCCC(CCC)C(=O)Nc1ccc(F)nc1. The third-order valence-electron chi connectivity index (χ3n) is 2.64. The molecule has 0 unspecified atom stereocenters. The molecule has 0 atom stereocenters. The van der Waals surface area contributed by atoms with Crippen molar-refractivity contribution in [2.24, 2.45) is 5.92 Å². The Morgan fingerprint density at radius 1 is 1.35 bits per heavy atom. The second kappa shape index (κ2) is 6.99. The largest absolute Gasteiger partial charge is 0.324 e. The van der Waals surface area contributed by atoms with E-state index in [9.17, 15) is 9.18 Å². The topological polar surface area (TPSA) is 42.0 Å². The Kier molecular flexibility index (Phi) is 5.60. The summed E-state index contributed by atoms with van der Waals surface area (Å²) in [5.41, 5.74) is 0.550. The lowest BCUT2D eigenvalue weighted by Gasteiger charge is -2.14. The minimum Gasteiger partial charge on any atom is -0.324 e. The number of nitrogens with one attached hydrogen (secondary N) is 1. The number of carbonyl (C=O) groups excluding carboxylic acids is 1. The van der Waals surface area contributed by atoms with Gasteiger partial charge >= 0.3 is 0 Å². The number of amides is 1. The molecule has 1 rings (SSSR count). The Bertz CT molecular complexity index is 345. The summed E-state index contributed by atoms with van der Waals surface area (Å²) in [6.07, 6.45) is 5.07. The first-order chi connectivity index (χ1) is 8.17. The maximum absolute atomic E-state index is 12.6. The summed E-state index contributed by atoms with van der Waals surface area (Å²) in [5, 5.41) is 2.77. The van der Waals surface area contributed by atoms with E-state index in [0.717, 1.165) is 25.7 Å². The van der Waals surface area contributed by atoms with Crippen molar-refractivity contribution in [3.8, 4) is 0 Å². The highest BCUT2D eigenvalue weighted by atomic mass is 19.1. The monoisotopic (exact) mass is 238 g/mol. The molecule has 1 N–H and O–H groups in total. The summed E-state index contributed by atoms with van der Waals surface area (Å²) in [5.74, 6) is -0.501. The van der Waals surface area contributed by atoms with Gasteiger partial charge < -0.3 is 5.32 Å². The smallest absolute Gasteiger partial charge is 0.227 e. The molecule has 3 nitrogen and oxygen atoms in total. The number of hydrogen-bond acceptors (Lipinski definition) is 2. The van der Waals surface area contributed by atoms with Crippen LogP contribution in [0.25, 0.3) is 0 Å². The third-order valence-corrected chi connectivity index (χ3v) is 2.64. The molecule has 1 heterocycles. The van der Waals surface area contributed by atoms with Gasteiger partial charge in [-0.2, -0.15) is 4.39 Å². The fraction of sp³-hybridized carbons (Fsp3) is 0.538. The molecule has 4 heteroatoms. The van der Waals surface area contributed by atoms with Crippen molar-refractivity contribution in [3.63, 3.8) is 0 Å². The molecule has 1 aromatic rings. The molecule has 0 aliphatic rings. The van der Waals surface area contributed by atoms with Crippen LogP contribution in [0.5, 0.6) is 0 Å². The molecule has 0 bridgehead atoms. The maximum atomic E-state index is 12.6. The van der Waals surface area contributed by atoms with Crippen LogP contribution in [0, 0.1) is 11.9 Å². The maximum Gasteiger partial charge on any atom is 0.227 e. The van der Waals surface area contributed by atoms with Crippen molar-refractivity contribution in [2.75, 3.05) is 5.32 Å². The van der Waals surface area contributed by atoms with E-state index in [1.807, 2.05) is 0 Å². The Labute approximate surface area is 101 Å². The van der Waals surface area contributed by atoms with Crippen molar-refractivity contribution in [1.82, 2.24) is 4.98 Å². The van der Waals surface area contributed by atoms with E-state index in [1.165, 1.54) is 18.3 Å². The highest BCUT2D eigenvalue weighted by Gasteiger charge is 2.16. The molecule has 17 heavy (non-hydrogen) atoms. The summed E-state index contributed by atoms with van der Waals surface area (Å²) in [6.45, 7) is 4.13. The zero-order chi connectivity index (χ0) is 12.7. The number of carbonyl (C=O) groups is 1.